The number of likely N-dealkylation sites (tertiary alicyclic amines) is 1. The van der Waals surface area contributed by atoms with Crippen molar-refractivity contribution in [3.8, 4) is 17.2 Å². The molecule has 1 aliphatic heterocycles. The molecule has 192 valence electrons. The second kappa shape index (κ2) is 13.3. The molecule has 0 saturated carbocycles. The Kier molecular flexibility index (Phi) is 10.2. The summed E-state index contributed by atoms with van der Waals surface area (Å²) < 4.78 is 30.3. The van der Waals surface area contributed by atoms with Crippen LogP contribution in [0.25, 0.3) is 0 Å². The first-order chi connectivity index (χ1) is 16.9. The lowest BCUT2D eigenvalue weighted by Crippen LogP contribution is -2.47. The summed E-state index contributed by atoms with van der Waals surface area (Å²) in [6.07, 6.45) is 1.64. The van der Waals surface area contributed by atoms with Gasteiger partial charge in [-0.2, -0.15) is 0 Å². The Morgan fingerprint density at radius 2 is 1.91 bits per heavy atom. The molecule has 1 N–H and O–H groups in total. The molecule has 0 unspecified atom stereocenters. The van der Waals surface area contributed by atoms with Crippen LogP contribution in [0, 0.1) is 17.7 Å². The van der Waals surface area contributed by atoms with Gasteiger partial charge >= 0.3 is 0 Å². The maximum absolute atomic E-state index is 13.6. The van der Waals surface area contributed by atoms with E-state index in [0.29, 0.717) is 43.5 Å². The van der Waals surface area contributed by atoms with Gasteiger partial charge in [-0.25, -0.2) is 4.39 Å². The number of hydrogen-bond acceptors (Lipinski definition) is 6. The van der Waals surface area contributed by atoms with Crippen LogP contribution in [0.2, 0.25) is 0 Å². The maximum Gasteiger partial charge on any atom is 0.224 e. The van der Waals surface area contributed by atoms with Crippen molar-refractivity contribution in [1.82, 2.24) is 15.1 Å². The molecule has 2 aromatic rings. The van der Waals surface area contributed by atoms with Gasteiger partial charge in [0, 0.05) is 38.2 Å². The quantitative estimate of drug-likeness (QED) is 0.463. The fourth-order valence-corrected chi connectivity index (χ4v) is 4.50. The van der Waals surface area contributed by atoms with Crippen molar-refractivity contribution in [1.29, 1.82) is 0 Å². The predicted octanol–water partition coefficient (Wildman–Crippen LogP) is 3.43. The van der Waals surface area contributed by atoms with E-state index >= 15 is 0 Å². The summed E-state index contributed by atoms with van der Waals surface area (Å²) in [5.41, 5.74) is 1.08. The average molecular weight is 488 g/mol. The zero-order valence-corrected chi connectivity index (χ0v) is 21.3. The molecule has 2 atom stereocenters. The topological polar surface area (TPSA) is 63.3 Å². The van der Waals surface area contributed by atoms with E-state index in [1.807, 2.05) is 32.3 Å². The van der Waals surface area contributed by atoms with Crippen molar-refractivity contribution in [2.45, 2.75) is 19.4 Å². The van der Waals surface area contributed by atoms with Crippen molar-refractivity contribution < 1.29 is 23.4 Å². The van der Waals surface area contributed by atoms with Crippen LogP contribution >= 0.6 is 0 Å². The molecule has 8 heteroatoms. The van der Waals surface area contributed by atoms with Gasteiger partial charge in [0.05, 0.1) is 26.7 Å². The van der Waals surface area contributed by atoms with Gasteiger partial charge in [-0.1, -0.05) is 12.1 Å². The number of halogens is 1. The highest BCUT2D eigenvalue weighted by atomic mass is 19.1. The predicted molar refractivity (Wildman–Crippen MR) is 134 cm³/mol. The number of hydrogen-bond donors (Lipinski definition) is 1. The number of ether oxygens (including phenoxy) is 3. The van der Waals surface area contributed by atoms with E-state index < -0.39 is 0 Å². The molecule has 1 amide bonds. The molecule has 0 spiro atoms. The van der Waals surface area contributed by atoms with Crippen LogP contribution in [0.15, 0.2) is 42.5 Å². The van der Waals surface area contributed by atoms with E-state index in [9.17, 15) is 9.18 Å². The van der Waals surface area contributed by atoms with Crippen molar-refractivity contribution in [3.63, 3.8) is 0 Å². The molecule has 7 nitrogen and oxygen atoms in total. The lowest BCUT2D eigenvalue weighted by Gasteiger charge is -2.37. The van der Waals surface area contributed by atoms with Crippen LogP contribution in [0.5, 0.6) is 17.2 Å². The summed E-state index contributed by atoms with van der Waals surface area (Å²) in [6, 6.07) is 12.1. The summed E-state index contributed by atoms with van der Waals surface area (Å²) in [4.78, 5) is 17.4. The molecule has 2 aromatic carbocycles. The van der Waals surface area contributed by atoms with Crippen LogP contribution in [0.1, 0.15) is 18.4 Å². The molecule has 0 aromatic heterocycles. The monoisotopic (exact) mass is 487 g/mol. The zero-order valence-electron chi connectivity index (χ0n) is 21.3. The molecule has 0 bridgehead atoms. The van der Waals surface area contributed by atoms with E-state index in [-0.39, 0.29) is 23.6 Å². The third kappa shape index (κ3) is 8.40. The van der Waals surface area contributed by atoms with Gasteiger partial charge < -0.3 is 24.4 Å². The molecule has 1 aliphatic rings. The SMILES string of the molecule is COc1ccc(CN2C[C@@H](COc3cccc(F)c3)C[C@@H](C(=O)NCCCN(C)C)C2)cc1OC. The fraction of sp³-hybridized carbons (Fsp3) is 0.519. The van der Waals surface area contributed by atoms with Crippen LogP contribution < -0.4 is 19.5 Å². The Morgan fingerprint density at radius 3 is 2.63 bits per heavy atom. The number of benzene rings is 2. The first kappa shape index (κ1) is 26.8. The Bertz CT molecular complexity index is 956. The standard InChI is InChI=1S/C27H38FN3O4/c1-30(2)12-6-11-29-27(32)22-13-21(19-35-24-8-5-7-23(28)15-24)17-31(18-22)16-20-9-10-25(33-3)26(14-20)34-4/h5,7-10,14-15,21-22H,6,11-13,16-19H2,1-4H3,(H,29,32)/t21-,22+/m0/s1. The third-order valence-electron chi connectivity index (χ3n) is 6.20. The van der Waals surface area contributed by atoms with Crippen LogP contribution in [0.4, 0.5) is 4.39 Å². The molecular weight excluding hydrogens is 449 g/mol. The Hall–Kier alpha value is -2.84. The van der Waals surface area contributed by atoms with Crippen LogP contribution in [-0.4, -0.2) is 76.8 Å². The van der Waals surface area contributed by atoms with Gasteiger partial charge in [-0.3, -0.25) is 9.69 Å². The third-order valence-corrected chi connectivity index (χ3v) is 6.20. The fourth-order valence-electron chi connectivity index (χ4n) is 4.50. The van der Waals surface area contributed by atoms with E-state index in [0.717, 1.165) is 31.5 Å². The molecule has 1 saturated heterocycles. The van der Waals surface area contributed by atoms with E-state index in [1.54, 1.807) is 26.4 Å². The molecular formula is C27H38FN3O4. The largest absolute Gasteiger partial charge is 0.493 e. The minimum Gasteiger partial charge on any atom is -0.493 e. The van der Waals surface area contributed by atoms with E-state index in [2.05, 4.69) is 15.1 Å². The number of nitrogens with one attached hydrogen (secondary N) is 1. The number of carbonyl (C=O) groups is 1. The molecule has 3 rings (SSSR count). The molecule has 0 aliphatic carbocycles. The molecule has 1 heterocycles. The highest BCUT2D eigenvalue weighted by Crippen LogP contribution is 2.30. The summed E-state index contributed by atoms with van der Waals surface area (Å²) in [7, 11) is 7.29. The van der Waals surface area contributed by atoms with Crippen molar-refractivity contribution in [2.75, 3.05) is 61.1 Å². The average Bonchev–Trinajstić information content (AvgIpc) is 2.85. The number of methoxy groups -OCH3 is 2. The second-order valence-electron chi connectivity index (χ2n) is 9.40. The number of piperidine rings is 1. The normalized spacial score (nSPS) is 18.3. The number of nitrogens with zero attached hydrogens (tertiary/aromatic N) is 2. The van der Waals surface area contributed by atoms with Crippen molar-refractivity contribution in [3.05, 3.63) is 53.8 Å². The molecule has 35 heavy (non-hydrogen) atoms. The van der Waals surface area contributed by atoms with Crippen molar-refractivity contribution >= 4 is 5.91 Å². The summed E-state index contributed by atoms with van der Waals surface area (Å²) in [5.74, 6) is 1.64. The Balaban J connectivity index is 1.66. The Labute approximate surface area is 208 Å². The second-order valence-corrected chi connectivity index (χ2v) is 9.40. The van der Waals surface area contributed by atoms with Crippen LogP contribution in [0.3, 0.4) is 0 Å². The Morgan fingerprint density at radius 1 is 1.11 bits per heavy atom. The van der Waals surface area contributed by atoms with Gasteiger partial charge in [-0.15, -0.1) is 0 Å². The number of carbonyl (C=O) groups excluding carboxylic acids is 1. The van der Waals surface area contributed by atoms with E-state index in [4.69, 9.17) is 14.2 Å². The summed E-state index contributed by atoms with van der Waals surface area (Å²) in [6.45, 7) is 4.16. The lowest BCUT2D eigenvalue weighted by molar-refractivity contribution is -0.127. The van der Waals surface area contributed by atoms with Gasteiger partial charge in [0.2, 0.25) is 5.91 Å². The summed E-state index contributed by atoms with van der Waals surface area (Å²) >= 11 is 0. The highest BCUT2D eigenvalue weighted by molar-refractivity contribution is 5.79. The van der Waals surface area contributed by atoms with Crippen LogP contribution in [-0.2, 0) is 11.3 Å². The minimum absolute atomic E-state index is 0.0801. The van der Waals surface area contributed by atoms with Crippen molar-refractivity contribution in [2.24, 2.45) is 11.8 Å². The summed E-state index contributed by atoms with van der Waals surface area (Å²) in [5, 5.41) is 3.11. The lowest BCUT2D eigenvalue weighted by atomic mass is 9.88. The smallest absolute Gasteiger partial charge is 0.224 e. The van der Waals surface area contributed by atoms with E-state index in [1.165, 1.54) is 12.1 Å². The number of amides is 1. The first-order valence-electron chi connectivity index (χ1n) is 12.1. The minimum atomic E-state index is -0.323. The maximum atomic E-state index is 13.6. The van der Waals surface area contributed by atoms with Gasteiger partial charge in [0.25, 0.3) is 0 Å². The highest BCUT2D eigenvalue weighted by Gasteiger charge is 2.32. The van der Waals surface area contributed by atoms with Gasteiger partial charge in [0.1, 0.15) is 11.6 Å². The molecule has 0 radical (unpaired) electrons. The number of rotatable bonds is 12. The molecule has 1 fully saturated rings. The first-order valence-corrected chi connectivity index (χ1v) is 12.1. The van der Waals surface area contributed by atoms with Gasteiger partial charge in [-0.05, 0) is 63.3 Å². The van der Waals surface area contributed by atoms with Gasteiger partial charge in [0.15, 0.2) is 11.5 Å². The zero-order chi connectivity index (χ0) is 25.2.